The SMILES string of the molecule is COc1ccc(/C=N\Nc2nc(-c3ccc(Cl)c(Cl)c3)nc3ccccc23)c(OC)c1. The van der Waals surface area contributed by atoms with Gasteiger partial charge in [-0.25, -0.2) is 9.97 Å². The van der Waals surface area contributed by atoms with Crippen LogP contribution in [0, 0.1) is 0 Å². The summed E-state index contributed by atoms with van der Waals surface area (Å²) in [4.78, 5) is 9.31. The molecule has 0 fully saturated rings. The molecule has 0 saturated carbocycles. The van der Waals surface area contributed by atoms with Gasteiger partial charge in [-0.2, -0.15) is 5.10 Å². The summed E-state index contributed by atoms with van der Waals surface area (Å²) in [5, 5.41) is 6.11. The predicted molar refractivity (Wildman–Crippen MR) is 126 cm³/mol. The van der Waals surface area contributed by atoms with Crippen molar-refractivity contribution in [3.8, 4) is 22.9 Å². The van der Waals surface area contributed by atoms with Crippen molar-refractivity contribution < 1.29 is 9.47 Å². The molecule has 4 aromatic rings. The lowest BCUT2D eigenvalue weighted by molar-refractivity contribution is 0.394. The van der Waals surface area contributed by atoms with Gasteiger partial charge in [0, 0.05) is 22.6 Å². The number of fused-ring (bicyclic) bond motifs is 1. The Morgan fingerprint density at radius 2 is 1.74 bits per heavy atom. The summed E-state index contributed by atoms with van der Waals surface area (Å²) < 4.78 is 10.6. The highest BCUT2D eigenvalue weighted by molar-refractivity contribution is 6.42. The Kier molecular flexibility index (Phi) is 6.21. The Morgan fingerprint density at radius 1 is 0.903 bits per heavy atom. The van der Waals surface area contributed by atoms with Crippen LogP contribution in [0.3, 0.4) is 0 Å². The van der Waals surface area contributed by atoms with Gasteiger partial charge in [0.25, 0.3) is 0 Å². The quantitative estimate of drug-likeness (QED) is 0.284. The highest BCUT2D eigenvalue weighted by Gasteiger charge is 2.11. The van der Waals surface area contributed by atoms with E-state index in [-0.39, 0.29) is 0 Å². The number of methoxy groups -OCH3 is 2. The number of hydrogen-bond donors (Lipinski definition) is 1. The van der Waals surface area contributed by atoms with E-state index in [1.54, 1.807) is 38.6 Å². The van der Waals surface area contributed by atoms with Gasteiger partial charge in [-0.15, -0.1) is 0 Å². The molecule has 0 aliphatic rings. The van der Waals surface area contributed by atoms with E-state index < -0.39 is 0 Å². The third-order valence-corrected chi connectivity index (χ3v) is 5.33. The van der Waals surface area contributed by atoms with Crippen LogP contribution in [-0.2, 0) is 0 Å². The lowest BCUT2D eigenvalue weighted by Gasteiger charge is -2.09. The summed E-state index contributed by atoms with van der Waals surface area (Å²) in [7, 11) is 3.21. The van der Waals surface area contributed by atoms with Crippen LogP contribution in [0.4, 0.5) is 5.82 Å². The minimum Gasteiger partial charge on any atom is -0.497 e. The van der Waals surface area contributed by atoms with Crippen LogP contribution in [0.15, 0.2) is 65.8 Å². The molecular formula is C23H18Cl2N4O2. The van der Waals surface area contributed by atoms with Gasteiger partial charge in [-0.1, -0.05) is 35.3 Å². The molecule has 3 aromatic carbocycles. The summed E-state index contributed by atoms with van der Waals surface area (Å²) in [5.41, 5.74) is 5.35. The molecule has 0 spiro atoms. The Labute approximate surface area is 189 Å². The third-order valence-electron chi connectivity index (χ3n) is 4.60. The largest absolute Gasteiger partial charge is 0.497 e. The standard InChI is InChI=1S/C23H18Cl2N4O2/c1-30-16-9-7-15(21(12-16)31-2)13-26-29-23-17-5-3-4-6-20(17)27-22(28-23)14-8-10-18(24)19(25)11-14/h3-13H,1-2H3,(H,27,28,29)/b26-13-. The van der Waals surface area contributed by atoms with E-state index in [1.807, 2.05) is 42.5 Å². The number of nitrogens with zero attached hydrogens (tertiary/aromatic N) is 3. The molecule has 0 aliphatic heterocycles. The Hall–Kier alpha value is -3.35. The van der Waals surface area contributed by atoms with E-state index in [4.69, 9.17) is 32.7 Å². The van der Waals surface area contributed by atoms with Gasteiger partial charge >= 0.3 is 0 Å². The second-order valence-electron chi connectivity index (χ2n) is 6.52. The number of aromatic nitrogens is 2. The molecule has 0 bridgehead atoms. The van der Waals surface area contributed by atoms with Gasteiger partial charge in [0.1, 0.15) is 11.5 Å². The number of benzene rings is 3. The fraction of sp³-hybridized carbons (Fsp3) is 0.0870. The van der Waals surface area contributed by atoms with Crippen LogP contribution in [0.2, 0.25) is 10.0 Å². The average molecular weight is 453 g/mol. The molecule has 1 aromatic heterocycles. The Balaban J connectivity index is 1.70. The molecule has 4 rings (SSSR count). The molecule has 0 atom stereocenters. The number of hydrazone groups is 1. The van der Waals surface area contributed by atoms with Crippen molar-refractivity contribution in [1.82, 2.24) is 9.97 Å². The molecule has 0 radical (unpaired) electrons. The van der Waals surface area contributed by atoms with Crippen molar-refractivity contribution in [1.29, 1.82) is 0 Å². The van der Waals surface area contributed by atoms with Gasteiger partial charge in [-0.05, 0) is 42.5 Å². The van der Waals surface area contributed by atoms with E-state index in [9.17, 15) is 0 Å². The molecule has 1 N–H and O–H groups in total. The maximum atomic E-state index is 6.18. The summed E-state index contributed by atoms with van der Waals surface area (Å²) in [6.45, 7) is 0. The smallest absolute Gasteiger partial charge is 0.162 e. The number of halogens is 2. The number of para-hydroxylation sites is 1. The molecule has 31 heavy (non-hydrogen) atoms. The molecular weight excluding hydrogens is 435 g/mol. The Morgan fingerprint density at radius 3 is 2.52 bits per heavy atom. The fourth-order valence-corrected chi connectivity index (χ4v) is 3.31. The lowest BCUT2D eigenvalue weighted by atomic mass is 10.2. The first-order valence-electron chi connectivity index (χ1n) is 9.32. The van der Waals surface area contributed by atoms with E-state index in [2.05, 4.69) is 20.5 Å². The lowest BCUT2D eigenvalue weighted by Crippen LogP contribution is -2.00. The monoisotopic (exact) mass is 452 g/mol. The van der Waals surface area contributed by atoms with Gasteiger partial charge in [0.2, 0.25) is 0 Å². The molecule has 0 amide bonds. The van der Waals surface area contributed by atoms with Crippen LogP contribution in [0.25, 0.3) is 22.3 Å². The second kappa shape index (κ2) is 9.20. The van der Waals surface area contributed by atoms with Crippen LogP contribution in [-0.4, -0.2) is 30.4 Å². The van der Waals surface area contributed by atoms with E-state index in [0.717, 1.165) is 22.0 Å². The first-order chi connectivity index (χ1) is 15.1. The van der Waals surface area contributed by atoms with Crippen LogP contribution in [0.1, 0.15) is 5.56 Å². The highest BCUT2D eigenvalue weighted by Crippen LogP contribution is 2.30. The van der Waals surface area contributed by atoms with Crippen molar-refractivity contribution in [2.45, 2.75) is 0 Å². The topological polar surface area (TPSA) is 68.6 Å². The van der Waals surface area contributed by atoms with Crippen molar-refractivity contribution in [3.63, 3.8) is 0 Å². The minimum absolute atomic E-state index is 0.440. The molecule has 156 valence electrons. The zero-order valence-electron chi connectivity index (χ0n) is 16.8. The van der Waals surface area contributed by atoms with Gasteiger partial charge in [-0.3, -0.25) is 5.43 Å². The number of anilines is 1. The van der Waals surface area contributed by atoms with Gasteiger partial charge < -0.3 is 9.47 Å². The van der Waals surface area contributed by atoms with E-state index in [0.29, 0.717) is 33.2 Å². The van der Waals surface area contributed by atoms with Crippen molar-refractivity contribution in [2.24, 2.45) is 5.10 Å². The summed E-state index contributed by atoms with van der Waals surface area (Å²) in [5.74, 6) is 2.43. The number of rotatable bonds is 6. The molecule has 6 nitrogen and oxygen atoms in total. The summed E-state index contributed by atoms with van der Waals surface area (Å²) in [6, 6.07) is 18.5. The second-order valence-corrected chi connectivity index (χ2v) is 7.33. The van der Waals surface area contributed by atoms with Crippen LogP contribution >= 0.6 is 23.2 Å². The molecule has 0 unspecified atom stereocenters. The summed E-state index contributed by atoms with van der Waals surface area (Å²) in [6.07, 6.45) is 1.66. The molecule has 0 saturated heterocycles. The van der Waals surface area contributed by atoms with Crippen molar-refractivity contribution in [3.05, 3.63) is 76.3 Å². The first-order valence-corrected chi connectivity index (χ1v) is 10.1. The maximum Gasteiger partial charge on any atom is 0.162 e. The van der Waals surface area contributed by atoms with Gasteiger partial charge in [0.05, 0.1) is 36.0 Å². The molecule has 1 heterocycles. The molecule has 0 aliphatic carbocycles. The number of hydrogen-bond acceptors (Lipinski definition) is 6. The summed E-state index contributed by atoms with van der Waals surface area (Å²) >= 11 is 12.2. The molecule has 8 heteroatoms. The van der Waals surface area contributed by atoms with Crippen LogP contribution < -0.4 is 14.9 Å². The fourth-order valence-electron chi connectivity index (χ4n) is 3.01. The highest BCUT2D eigenvalue weighted by atomic mass is 35.5. The van der Waals surface area contributed by atoms with Crippen molar-refractivity contribution >= 4 is 46.1 Å². The Bertz CT molecular complexity index is 1280. The van der Waals surface area contributed by atoms with Crippen LogP contribution in [0.5, 0.6) is 11.5 Å². The first kappa shape index (κ1) is 20.9. The van der Waals surface area contributed by atoms with E-state index >= 15 is 0 Å². The minimum atomic E-state index is 0.440. The number of nitrogens with one attached hydrogen (secondary N) is 1. The third kappa shape index (κ3) is 4.55. The zero-order chi connectivity index (χ0) is 21.8. The van der Waals surface area contributed by atoms with Crippen molar-refractivity contribution in [2.75, 3.05) is 19.6 Å². The average Bonchev–Trinajstić information content (AvgIpc) is 2.80. The zero-order valence-corrected chi connectivity index (χ0v) is 18.3. The predicted octanol–water partition coefficient (Wildman–Crippen LogP) is 6.07. The normalized spacial score (nSPS) is 11.1. The van der Waals surface area contributed by atoms with Gasteiger partial charge in [0.15, 0.2) is 11.6 Å². The number of ether oxygens (including phenoxy) is 2. The van der Waals surface area contributed by atoms with E-state index in [1.165, 1.54) is 0 Å². The maximum absolute atomic E-state index is 6.18.